The van der Waals surface area contributed by atoms with E-state index in [4.69, 9.17) is 16.3 Å². The largest absolute Gasteiger partial charge is 0.494 e. The van der Waals surface area contributed by atoms with E-state index in [9.17, 15) is 8.42 Å². The van der Waals surface area contributed by atoms with Crippen molar-refractivity contribution in [3.63, 3.8) is 0 Å². The first kappa shape index (κ1) is 16.1. The van der Waals surface area contributed by atoms with Crippen LogP contribution in [-0.2, 0) is 16.3 Å². The molecule has 0 saturated carbocycles. The molecule has 1 aromatic carbocycles. The van der Waals surface area contributed by atoms with Crippen molar-refractivity contribution in [2.45, 2.75) is 19.4 Å². The van der Waals surface area contributed by atoms with Crippen molar-refractivity contribution in [3.8, 4) is 5.75 Å². The van der Waals surface area contributed by atoms with Crippen LogP contribution in [0.15, 0.2) is 18.2 Å². The number of para-hydroxylation sites is 1. The van der Waals surface area contributed by atoms with Crippen molar-refractivity contribution in [2.75, 3.05) is 25.0 Å². The number of hydrogen-bond acceptors (Lipinski definition) is 4. The number of aryl methyl sites for hydroxylation is 1. The molecule has 0 aliphatic rings. The third-order valence-electron chi connectivity index (χ3n) is 3.28. The number of hydrogen-bond donors (Lipinski definition) is 0. The van der Waals surface area contributed by atoms with E-state index in [-0.39, 0.29) is 11.8 Å². The van der Waals surface area contributed by atoms with Gasteiger partial charge in [-0.2, -0.15) is 0 Å². The fraction of sp³-hybridized carbons (Fsp3) is 0.500. The smallest absolute Gasteiger partial charge is 0.149 e. The van der Waals surface area contributed by atoms with Gasteiger partial charge in [0.15, 0.2) is 0 Å². The number of sulfone groups is 1. The van der Waals surface area contributed by atoms with Crippen LogP contribution in [0.2, 0.25) is 0 Å². The second-order valence-corrected chi connectivity index (χ2v) is 7.67. The van der Waals surface area contributed by atoms with Crippen LogP contribution in [-0.4, -0.2) is 43.0 Å². The number of benzene rings is 1. The summed E-state index contributed by atoms with van der Waals surface area (Å²) in [6.07, 6.45) is 1.82. The van der Waals surface area contributed by atoms with Gasteiger partial charge in [-0.15, -0.1) is 11.6 Å². The summed E-state index contributed by atoms with van der Waals surface area (Å²) >= 11 is 5.84. The van der Waals surface area contributed by atoms with E-state index < -0.39 is 9.84 Å². The molecule has 1 unspecified atom stereocenters. The summed E-state index contributed by atoms with van der Waals surface area (Å²) in [4.78, 5) is 4.58. The molecular weight excluding hydrogens is 312 g/mol. The molecule has 1 atom stereocenters. The molecule has 1 heterocycles. The molecule has 7 heteroatoms. The average Bonchev–Trinajstić information content (AvgIpc) is 2.75. The zero-order chi connectivity index (χ0) is 15.6. The van der Waals surface area contributed by atoms with E-state index in [2.05, 4.69) is 4.98 Å². The Hall–Kier alpha value is -1.27. The van der Waals surface area contributed by atoms with Crippen LogP contribution in [0.25, 0.3) is 11.0 Å². The lowest BCUT2D eigenvalue weighted by molar-refractivity contribution is 0.419. The Kier molecular flexibility index (Phi) is 4.78. The first-order valence-corrected chi connectivity index (χ1v) is 9.24. The lowest BCUT2D eigenvalue weighted by Gasteiger charge is -2.16. The molecule has 5 nitrogen and oxygen atoms in total. The number of rotatable bonds is 6. The molecule has 0 aliphatic carbocycles. The molecule has 0 spiro atoms. The van der Waals surface area contributed by atoms with E-state index in [1.54, 1.807) is 7.11 Å². The molecule has 0 aliphatic heterocycles. The van der Waals surface area contributed by atoms with E-state index in [0.717, 1.165) is 16.9 Å². The minimum atomic E-state index is -3.08. The molecule has 0 radical (unpaired) electrons. The summed E-state index contributed by atoms with van der Waals surface area (Å²) in [5, 5.41) is 0. The standard InChI is InChI=1S/C14H19ClN2O3S/c1-10(9-21(3,18)19)17-11-5-4-6-12(20-2)14(11)16-13(17)7-8-15/h4-6,10H,7-9H2,1-3H3. The molecule has 0 saturated heterocycles. The van der Waals surface area contributed by atoms with Crippen molar-refractivity contribution in [1.29, 1.82) is 0 Å². The van der Waals surface area contributed by atoms with Gasteiger partial charge in [0.1, 0.15) is 26.9 Å². The number of nitrogens with zero attached hydrogens (tertiary/aromatic N) is 2. The van der Waals surface area contributed by atoms with Gasteiger partial charge in [-0.25, -0.2) is 13.4 Å². The Morgan fingerprint density at radius 3 is 2.71 bits per heavy atom. The zero-order valence-electron chi connectivity index (χ0n) is 12.3. The SMILES string of the molecule is COc1cccc2c1nc(CCCl)n2C(C)CS(C)(=O)=O. The summed E-state index contributed by atoms with van der Waals surface area (Å²) in [7, 11) is -1.49. The maximum Gasteiger partial charge on any atom is 0.149 e. The van der Waals surface area contributed by atoms with Gasteiger partial charge in [0.2, 0.25) is 0 Å². The van der Waals surface area contributed by atoms with Crippen LogP contribution in [0.1, 0.15) is 18.8 Å². The first-order chi connectivity index (χ1) is 9.87. The topological polar surface area (TPSA) is 61.2 Å². The molecule has 116 valence electrons. The van der Waals surface area contributed by atoms with Crippen LogP contribution in [0.3, 0.4) is 0 Å². The van der Waals surface area contributed by atoms with Crippen molar-refractivity contribution < 1.29 is 13.2 Å². The summed E-state index contributed by atoms with van der Waals surface area (Å²) in [6, 6.07) is 5.42. The van der Waals surface area contributed by atoms with Crippen LogP contribution >= 0.6 is 11.6 Å². The predicted molar refractivity (Wildman–Crippen MR) is 85.1 cm³/mol. The van der Waals surface area contributed by atoms with Gasteiger partial charge >= 0.3 is 0 Å². The number of alkyl halides is 1. The van der Waals surface area contributed by atoms with E-state index in [0.29, 0.717) is 18.1 Å². The summed E-state index contributed by atoms with van der Waals surface area (Å²) in [6.45, 7) is 1.87. The van der Waals surface area contributed by atoms with Crippen molar-refractivity contribution in [1.82, 2.24) is 9.55 Å². The molecule has 21 heavy (non-hydrogen) atoms. The maximum absolute atomic E-state index is 11.6. The van der Waals surface area contributed by atoms with Crippen molar-refractivity contribution >= 4 is 32.5 Å². The van der Waals surface area contributed by atoms with Crippen LogP contribution in [0, 0.1) is 0 Å². The fourth-order valence-electron chi connectivity index (χ4n) is 2.57. The highest BCUT2D eigenvalue weighted by Crippen LogP contribution is 2.29. The van der Waals surface area contributed by atoms with Gasteiger partial charge in [-0.1, -0.05) is 6.07 Å². The average molecular weight is 331 g/mol. The first-order valence-electron chi connectivity index (χ1n) is 6.65. The Bertz CT molecular complexity index is 740. The van der Waals surface area contributed by atoms with E-state index in [1.807, 2.05) is 29.7 Å². The molecule has 0 amide bonds. The quantitative estimate of drug-likeness (QED) is 0.763. The predicted octanol–water partition coefficient (Wildman–Crippen LogP) is 2.43. The summed E-state index contributed by atoms with van der Waals surface area (Å²) in [5.74, 6) is 1.94. The Morgan fingerprint density at radius 2 is 2.14 bits per heavy atom. The number of aromatic nitrogens is 2. The highest BCUT2D eigenvalue weighted by Gasteiger charge is 2.20. The van der Waals surface area contributed by atoms with Crippen LogP contribution in [0.4, 0.5) is 0 Å². The molecule has 0 bridgehead atoms. The molecule has 2 rings (SSSR count). The van der Waals surface area contributed by atoms with Crippen molar-refractivity contribution in [2.24, 2.45) is 0 Å². The molecule has 0 N–H and O–H groups in total. The maximum atomic E-state index is 11.6. The van der Waals surface area contributed by atoms with E-state index >= 15 is 0 Å². The lowest BCUT2D eigenvalue weighted by atomic mass is 10.2. The number of halogens is 1. The summed E-state index contributed by atoms with van der Waals surface area (Å²) < 4.78 is 30.4. The van der Waals surface area contributed by atoms with E-state index in [1.165, 1.54) is 6.26 Å². The Balaban J connectivity index is 2.61. The Labute approximate surface area is 129 Å². The molecular formula is C14H19ClN2O3S. The zero-order valence-corrected chi connectivity index (χ0v) is 13.9. The van der Waals surface area contributed by atoms with Gasteiger partial charge < -0.3 is 9.30 Å². The van der Waals surface area contributed by atoms with Crippen LogP contribution in [0.5, 0.6) is 5.75 Å². The second kappa shape index (κ2) is 6.23. The minimum absolute atomic E-state index is 0.0605. The highest BCUT2D eigenvalue weighted by molar-refractivity contribution is 7.90. The molecule has 0 fully saturated rings. The third kappa shape index (κ3) is 3.49. The van der Waals surface area contributed by atoms with Crippen LogP contribution < -0.4 is 4.74 Å². The van der Waals surface area contributed by atoms with Gasteiger partial charge in [0, 0.05) is 24.6 Å². The Morgan fingerprint density at radius 1 is 1.43 bits per heavy atom. The monoisotopic (exact) mass is 330 g/mol. The number of ether oxygens (including phenoxy) is 1. The normalized spacial score (nSPS) is 13.5. The lowest BCUT2D eigenvalue weighted by Crippen LogP contribution is -2.18. The van der Waals surface area contributed by atoms with Gasteiger partial charge in [-0.05, 0) is 19.1 Å². The van der Waals surface area contributed by atoms with Gasteiger partial charge in [0.05, 0.1) is 18.4 Å². The number of imidazole rings is 1. The molecule has 2 aromatic rings. The van der Waals surface area contributed by atoms with Gasteiger partial charge in [0.25, 0.3) is 0 Å². The van der Waals surface area contributed by atoms with Crippen molar-refractivity contribution in [3.05, 3.63) is 24.0 Å². The minimum Gasteiger partial charge on any atom is -0.494 e. The number of methoxy groups -OCH3 is 1. The summed E-state index contributed by atoms with van der Waals surface area (Å²) in [5.41, 5.74) is 1.60. The fourth-order valence-corrected chi connectivity index (χ4v) is 3.76. The second-order valence-electron chi connectivity index (χ2n) is 5.11. The number of fused-ring (bicyclic) bond motifs is 1. The third-order valence-corrected chi connectivity index (χ3v) is 4.56. The highest BCUT2D eigenvalue weighted by atomic mass is 35.5. The van der Waals surface area contributed by atoms with Gasteiger partial charge in [-0.3, -0.25) is 0 Å². The molecule has 1 aromatic heterocycles.